The Morgan fingerprint density at radius 2 is 2.35 bits per heavy atom. The van der Waals surface area contributed by atoms with Crippen LogP contribution in [0.15, 0.2) is 22.3 Å². The number of aryl methyl sites for hydroxylation is 1. The summed E-state index contributed by atoms with van der Waals surface area (Å²) in [6.07, 6.45) is 4.57. The fraction of sp³-hybridized carbons (Fsp3) is 0.417. The van der Waals surface area contributed by atoms with E-state index in [0.29, 0.717) is 10.8 Å². The lowest BCUT2D eigenvalue weighted by Gasteiger charge is -2.18. The second-order valence-electron chi connectivity index (χ2n) is 4.33. The molecule has 5 heteroatoms. The van der Waals surface area contributed by atoms with E-state index in [-0.39, 0.29) is 5.92 Å². The van der Waals surface area contributed by atoms with Gasteiger partial charge in [0, 0.05) is 29.2 Å². The number of carbonyl (C=O) groups is 1. The third kappa shape index (κ3) is 2.60. The normalized spacial score (nSPS) is 21.4. The molecule has 0 fully saturated rings. The van der Waals surface area contributed by atoms with Gasteiger partial charge in [0.2, 0.25) is 0 Å². The van der Waals surface area contributed by atoms with Crippen molar-refractivity contribution in [3.05, 3.63) is 33.4 Å². The van der Waals surface area contributed by atoms with Crippen molar-refractivity contribution in [3.8, 4) is 0 Å². The van der Waals surface area contributed by atoms with Gasteiger partial charge in [-0.05, 0) is 23.3 Å². The van der Waals surface area contributed by atoms with Gasteiger partial charge in [-0.2, -0.15) is 0 Å². The van der Waals surface area contributed by atoms with E-state index in [1.807, 2.05) is 17.8 Å². The first-order chi connectivity index (χ1) is 7.99. The zero-order valence-corrected chi connectivity index (χ0v) is 12.1. The Kier molecular flexibility index (Phi) is 3.68. The SMILES string of the molecule is CC(c1cn(C)cc1C(=O)O)C1CC(Br)=CS1. The van der Waals surface area contributed by atoms with Crippen LogP contribution in [0.4, 0.5) is 0 Å². The maximum Gasteiger partial charge on any atom is 0.337 e. The summed E-state index contributed by atoms with van der Waals surface area (Å²) in [4.78, 5) is 11.2. The topological polar surface area (TPSA) is 42.2 Å². The number of carboxylic acid groups (broad SMARTS) is 1. The second kappa shape index (κ2) is 4.90. The van der Waals surface area contributed by atoms with Gasteiger partial charge in [0.15, 0.2) is 0 Å². The molecule has 0 aliphatic carbocycles. The third-order valence-corrected chi connectivity index (χ3v) is 5.23. The summed E-state index contributed by atoms with van der Waals surface area (Å²) in [5, 5.41) is 11.7. The second-order valence-corrected chi connectivity index (χ2v) is 6.46. The molecule has 3 nitrogen and oxygen atoms in total. The summed E-state index contributed by atoms with van der Waals surface area (Å²) in [5.74, 6) is -0.610. The highest BCUT2D eigenvalue weighted by atomic mass is 79.9. The van der Waals surface area contributed by atoms with Gasteiger partial charge in [0.1, 0.15) is 0 Å². The fourth-order valence-electron chi connectivity index (χ4n) is 2.09. The van der Waals surface area contributed by atoms with Crippen molar-refractivity contribution >= 4 is 33.7 Å². The molecule has 1 aromatic heterocycles. The van der Waals surface area contributed by atoms with Gasteiger partial charge in [-0.1, -0.05) is 22.9 Å². The molecule has 1 aliphatic rings. The van der Waals surface area contributed by atoms with Crippen LogP contribution in [0.3, 0.4) is 0 Å². The molecular weight excluding hydrogens is 302 g/mol. The molecular formula is C12H14BrNO2S. The highest BCUT2D eigenvalue weighted by Crippen LogP contribution is 2.42. The third-order valence-electron chi connectivity index (χ3n) is 3.03. The van der Waals surface area contributed by atoms with Crippen molar-refractivity contribution in [1.82, 2.24) is 4.57 Å². The number of hydrogen-bond donors (Lipinski definition) is 1. The Hall–Kier alpha value is -0.680. The Bertz CT molecular complexity index is 481. The summed E-state index contributed by atoms with van der Waals surface area (Å²) in [6.45, 7) is 2.10. The maximum atomic E-state index is 11.2. The van der Waals surface area contributed by atoms with Crippen molar-refractivity contribution < 1.29 is 9.90 Å². The molecule has 2 atom stereocenters. The van der Waals surface area contributed by atoms with Crippen molar-refractivity contribution in [2.75, 3.05) is 0 Å². The van der Waals surface area contributed by atoms with Crippen LogP contribution in [0.5, 0.6) is 0 Å². The summed E-state index contributed by atoms with van der Waals surface area (Å²) in [6, 6.07) is 0. The monoisotopic (exact) mass is 315 g/mol. The van der Waals surface area contributed by atoms with E-state index in [1.54, 1.807) is 18.0 Å². The summed E-state index contributed by atoms with van der Waals surface area (Å²) in [7, 11) is 1.86. The van der Waals surface area contributed by atoms with Crippen molar-refractivity contribution in [2.24, 2.45) is 7.05 Å². The lowest BCUT2D eigenvalue weighted by molar-refractivity contribution is 0.0695. The Labute approximate surface area is 113 Å². The summed E-state index contributed by atoms with van der Waals surface area (Å²) < 4.78 is 3.02. The van der Waals surface area contributed by atoms with Gasteiger partial charge < -0.3 is 9.67 Å². The molecule has 17 heavy (non-hydrogen) atoms. The van der Waals surface area contributed by atoms with Crippen LogP contribution in [-0.4, -0.2) is 20.9 Å². The number of halogens is 1. The minimum absolute atomic E-state index is 0.235. The maximum absolute atomic E-state index is 11.2. The van der Waals surface area contributed by atoms with Crippen molar-refractivity contribution in [1.29, 1.82) is 0 Å². The molecule has 1 N–H and O–H groups in total. The Balaban J connectivity index is 2.25. The highest BCUT2D eigenvalue weighted by molar-refractivity contribution is 9.11. The van der Waals surface area contributed by atoms with Gasteiger partial charge in [-0.25, -0.2) is 4.79 Å². The largest absolute Gasteiger partial charge is 0.478 e. The van der Waals surface area contributed by atoms with E-state index in [1.165, 1.54) is 4.48 Å². The number of aromatic carboxylic acids is 1. The van der Waals surface area contributed by atoms with Crippen LogP contribution >= 0.6 is 27.7 Å². The van der Waals surface area contributed by atoms with Crippen LogP contribution in [0.2, 0.25) is 0 Å². The van der Waals surface area contributed by atoms with Crippen LogP contribution in [0.1, 0.15) is 35.2 Å². The van der Waals surface area contributed by atoms with Crippen LogP contribution < -0.4 is 0 Å². The number of thioether (sulfide) groups is 1. The van der Waals surface area contributed by atoms with Crippen molar-refractivity contribution in [2.45, 2.75) is 24.5 Å². The molecule has 2 heterocycles. The minimum Gasteiger partial charge on any atom is -0.478 e. The van der Waals surface area contributed by atoms with Gasteiger partial charge in [-0.3, -0.25) is 0 Å². The number of carboxylic acids is 1. The van der Waals surface area contributed by atoms with E-state index >= 15 is 0 Å². The number of hydrogen-bond acceptors (Lipinski definition) is 2. The van der Waals surface area contributed by atoms with Gasteiger partial charge in [-0.15, -0.1) is 11.8 Å². The molecule has 0 radical (unpaired) electrons. The van der Waals surface area contributed by atoms with Gasteiger partial charge >= 0.3 is 5.97 Å². The van der Waals surface area contributed by atoms with Gasteiger partial charge in [0.25, 0.3) is 0 Å². The Morgan fingerprint density at radius 1 is 1.65 bits per heavy atom. The smallest absolute Gasteiger partial charge is 0.337 e. The molecule has 0 saturated heterocycles. The number of allylic oxidation sites excluding steroid dienone is 1. The van der Waals surface area contributed by atoms with E-state index in [0.717, 1.165) is 12.0 Å². The number of aromatic nitrogens is 1. The first kappa shape index (κ1) is 12.8. The van der Waals surface area contributed by atoms with E-state index in [9.17, 15) is 9.90 Å². The Morgan fingerprint density at radius 3 is 2.88 bits per heavy atom. The van der Waals surface area contributed by atoms with Crippen LogP contribution in [0.25, 0.3) is 0 Å². The molecule has 0 saturated carbocycles. The molecule has 1 aromatic rings. The van der Waals surface area contributed by atoms with Crippen LogP contribution in [-0.2, 0) is 7.05 Å². The first-order valence-electron chi connectivity index (χ1n) is 5.38. The number of rotatable bonds is 3. The standard InChI is InChI=1S/C12H14BrNO2S/c1-7(11-3-8(13)6-17-11)9-4-14(2)5-10(9)12(15)16/h4-7,11H,3H2,1-2H3,(H,15,16). The van der Waals surface area contributed by atoms with Crippen LogP contribution in [0, 0.1) is 0 Å². The fourth-order valence-corrected chi connectivity index (χ4v) is 4.05. The lowest BCUT2D eigenvalue weighted by atomic mass is 9.95. The lowest BCUT2D eigenvalue weighted by Crippen LogP contribution is -2.12. The average Bonchev–Trinajstić information content (AvgIpc) is 2.83. The number of nitrogens with zero attached hydrogens (tertiary/aromatic N) is 1. The molecule has 0 spiro atoms. The van der Waals surface area contributed by atoms with E-state index in [2.05, 4.69) is 28.3 Å². The molecule has 2 unspecified atom stereocenters. The highest BCUT2D eigenvalue weighted by Gasteiger charge is 2.27. The molecule has 0 bridgehead atoms. The zero-order valence-electron chi connectivity index (χ0n) is 9.68. The molecule has 92 valence electrons. The molecule has 0 amide bonds. The molecule has 1 aliphatic heterocycles. The predicted molar refractivity (Wildman–Crippen MR) is 73.8 cm³/mol. The molecule has 2 rings (SSSR count). The zero-order chi connectivity index (χ0) is 12.6. The summed E-state index contributed by atoms with van der Waals surface area (Å²) in [5.41, 5.74) is 1.34. The van der Waals surface area contributed by atoms with E-state index in [4.69, 9.17) is 0 Å². The van der Waals surface area contributed by atoms with Gasteiger partial charge in [0.05, 0.1) is 5.56 Å². The molecule has 0 aromatic carbocycles. The first-order valence-corrected chi connectivity index (χ1v) is 7.11. The summed E-state index contributed by atoms with van der Waals surface area (Å²) >= 11 is 5.26. The quantitative estimate of drug-likeness (QED) is 0.927. The van der Waals surface area contributed by atoms with E-state index < -0.39 is 5.97 Å². The predicted octanol–water partition coefficient (Wildman–Crippen LogP) is 3.57. The van der Waals surface area contributed by atoms with Crippen molar-refractivity contribution in [3.63, 3.8) is 0 Å². The average molecular weight is 316 g/mol. The minimum atomic E-state index is -0.845.